The standard InChI is InChI=1S/C18H21BrN2O4S/c1-4-21(12-18(22)20-15-7-5-6-14(19)11-15)26(23,24)16-8-9-17(25-3)13(2)10-16/h5-11H,4,12H2,1-3H3,(H,20,22). The van der Waals surface area contributed by atoms with Gasteiger partial charge in [-0.15, -0.1) is 0 Å². The van der Waals surface area contributed by atoms with E-state index in [4.69, 9.17) is 4.74 Å². The predicted octanol–water partition coefficient (Wildman–Crippen LogP) is 3.42. The molecule has 0 radical (unpaired) electrons. The second-order valence-corrected chi connectivity index (χ2v) is 8.47. The third-order valence-corrected chi connectivity index (χ3v) is 6.20. The maximum absolute atomic E-state index is 12.9. The highest BCUT2D eigenvalue weighted by molar-refractivity contribution is 9.10. The third kappa shape index (κ3) is 4.84. The Labute approximate surface area is 162 Å². The van der Waals surface area contributed by atoms with Gasteiger partial charge in [-0.25, -0.2) is 8.42 Å². The van der Waals surface area contributed by atoms with Crippen molar-refractivity contribution in [2.24, 2.45) is 0 Å². The second kappa shape index (κ2) is 8.66. The first-order chi connectivity index (χ1) is 12.3. The molecule has 6 nitrogen and oxygen atoms in total. The van der Waals surface area contributed by atoms with Crippen LogP contribution in [0.15, 0.2) is 51.8 Å². The number of anilines is 1. The number of aryl methyl sites for hydroxylation is 1. The largest absolute Gasteiger partial charge is 0.496 e. The minimum atomic E-state index is -3.79. The molecular formula is C18H21BrN2O4S. The van der Waals surface area contributed by atoms with Gasteiger partial charge in [-0.3, -0.25) is 4.79 Å². The quantitative estimate of drug-likeness (QED) is 0.715. The fourth-order valence-electron chi connectivity index (χ4n) is 2.45. The van der Waals surface area contributed by atoms with E-state index >= 15 is 0 Å². The molecule has 26 heavy (non-hydrogen) atoms. The molecule has 2 aromatic rings. The molecule has 8 heteroatoms. The Morgan fingerprint density at radius 1 is 1.23 bits per heavy atom. The summed E-state index contributed by atoms with van der Waals surface area (Å²) in [6.07, 6.45) is 0. The normalized spacial score (nSPS) is 11.4. The molecule has 2 rings (SSSR count). The summed E-state index contributed by atoms with van der Waals surface area (Å²) in [6, 6.07) is 11.7. The number of amides is 1. The summed E-state index contributed by atoms with van der Waals surface area (Å²) >= 11 is 3.33. The van der Waals surface area contributed by atoms with Gasteiger partial charge in [-0.05, 0) is 48.9 Å². The number of halogens is 1. The molecule has 0 unspecified atom stereocenters. The van der Waals surface area contributed by atoms with Crippen LogP contribution in [-0.4, -0.2) is 38.8 Å². The van der Waals surface area contributed by atoms with Crippen LogP contribution in [0.3, 0.4) is 0 Å². The minimum Gasteiger partial charge on any atom is -0.496 e. The zero-order valence-electron chi connectivity index (χ0n) is 14.8. The van der Waals surface area contributed by atoms with Crippen molar-refractivity contribution in [1.82, 2.24) is 4.31 Å². The monoisotopic (exact) mass is 440 g/mol. The molecule has 0 aliphatic rings. The minimum absolute atomic E-state index is 0.132. The first kappa shape index (κ1) is 20.4. The second-order valence-electron chi connectivity index (χ2n) is 5.62. The smallest absolute Gasteiger partial charge is 0.243 e. The van der Waals surface area contributed by atoms with E-state index in [0.717, 1.165) is 8.78 Å². The van der Waals surface area contributed by atoms with E-state index in [0.29, 0.717) is 17.0 Å². The lowest BCUT2D eigenvalue weighted by molar-refractivity contribution is -0.116. The van der Waals surface area contributed by atoms with Crippen molar-refractivity contribution in [2.45, 2.75) is 18.7 Å². The van der Waals surface area contributed by atoms with Crippen molar-refractivity contribution in [2.75, 3.05) is 25.5 Å². The van der Waals surface area contributed by atoms with Crippen molar-refractivity contribution in [1.29, 1.82) is 0 Å². The van der Waals surface area contributed by atoms with Gasteiger partial charge < -0.3 is 10.1 Å². The zero-order chi connectivity index (χ0) is 19.3. The molecule has 0 saturated heterocycles. The lowest BCUT2D eigenvalue weighted by Gasteiger charge is -2.20. The van der Waals surface area contributed by atoms with Crippen molar-refractivity contribution in [3.63, 3.8) is 0 Å². The van der Waals surface area contributed by atoms with Crippen LogP contribution in [0.4, 0.5) is 5.69 Å². The van der Waals surface area contributed by atoms with Crippen LogP contribution in [0.1, 0.15) is 12.5 Å². The lowest BCUT2D eigenvalue weighted by Crippen LogP contribution is -2.37. The van der Waals surface area contributed by atoms with E-state index in [-0.39, 0.29) is 18.0 Å². The molecule has 0 heterocycles. The summed E-state index contributed by atoms with van der Waals surface area (Å²) < 4.78 is 32.8. The van der Waals surface area contributed by atoms with E-state index in [1.165, 1.54) is 13.2 Å². The average Bonchev–Trinajstić information content (AvgIpc) is 2.59. The van der Waals surface area contributed by atoms with E-state index in [9.17, 15) is 13.2 Å². The maximum Gasteiger partial charge on any atom is 0.243 e. The molecule has 0 spiro atoms. The summed E-state index contributed by atoms with van der Waals surface area (Å²) in [7, 11) is -2.26. The summed E-state index contributed by atoms with van der Waals surface area (Å²) in [5.74, 6) is 0.207. The van der Waals surface area contributed by atoms with E-state index < -0.39 is 15.9 Å². The Kier molecular flexibility index (Phi) is 6.80. The third-order valence-electron chi connectivity index (χ3n) is 3.79. The Morgan fingerprint density at radius 2 is 1.96 bits per heavy atom. The molecule has 2 aromatic carbocycles. The fraction of sp³-hybridized carbons (Fsp3) is 0.278. The van der Waals surface area contributed by atoms with Crippen LogP contribution >= 0.6 is 15.9 Å². The van der Waals surface area contributed by atoms with Crippen molar-refractivity contribution in [3.05, 3.63) is 52.5 Å². The Balaban J connectivity index is 2.18. The van der Waals surface area contributed by atoms with Gasteiger partial charge in [0.05, 0.1) is 18.6 Å². The molecule has 1 N–H and O–H groups in total. The number of nitrogens with zero attached hydrogens (tertiary/aromatic N) is 1. The van der Waals surface area contributed by atoms with E-state index in [2.05, 4.69) is 21.2 Å². The number of nitrogens with one attached hydrogen (secondary N) is 1. The maximum atomic E-state index is 12.9. The molecule has 0 saturated carbocycles. The van der Waals surface area contributed by atoms with Gasteiger partial charge in [0.1, 0.15) is 5.75 Å². The van der Waals surface area contributed by atoms with Crippen LogP contribution in [0.5, 0.6) is 5.75 Å². The number of ether oxygens (including phenoxy) is 1. The number of carbonyl (C=O) groups excluding carboxylic acids is 1. The van der Waals surface area contributed by atoms with E-state index in [1.54, 1.807) is 44.2 Å². The van der Waals surface area contributed by atoms with Gasteiger partial charge in [0.25, 0.3) is 0 Å². The van der Waals surface area contributed by atoms with Gasteiger partial charge in [0.15, 0.2) is 0 Å². The van der Waals surface area contributed by atoms with Crippen molar-refractivity contribution >= 4 is 37.5 Å². The van der Waals surface area contributed by atoms with Gasteiger partial charge in [0.2, 0.25) is 15.9 Å². The SMILES string of the molecule is CCN(CC(=O)Nc1cccc(Br)c1)S(=O)(=O)c1ccc(OC)c(C)c1. The average molecular weight is 441 g/mol. The van der Waals surface area contributed by atoms with Crippen LogP contribution in [0.25, 0.3) is 0 Å². The van der Waals surface area contributed by atoms with Crippen molar-refractivity contribution in [3.8, 4) is 5.75 Å². The van der Waals surface area contributed by atoms with Crippen LogP contribution in [-0.2, 0) is 14.8 Å². The number of carbonyl (C=O) groups is 1. The number of hydrogen-bond donors (Lipinski definition) is 1. The summed E-state index contributed by atoms with van der Waals surface area (Å²) in [5, 5.41) is 2.71. The Morgan fingerprint density at radius 3 is 2.54 bits per heavy atom. The van der Waals surface area contributed by atoms with Gasteiger partial charge in [-0.2, -0.15) is 4.31 Å². The van der Waals surface area contributed by atoms with Crippen LogP contribution < -0.4 is 10.1 Å². The Hall–Kier alpha value is -1.90. The molecule has 0 bridgehead atoms. The number of benzene rings is 2. The Bertz CT molecular complexity index is 900. The predicted molar refractivity (Wildman–Crippen MR) is 105 cm³/mol. The highest BCUT2D eigenvalue weighted by Crippen LogP contribution is 2.24. The lowest BCUT2D eigenvalue weighted by atomic mass is 10.2. The van der Waals surface area contributed by atoms with Crippen LogP contribution in [0.2, 0.25) is 0 Å². The van der Waals surface area contributed by atoms with E-state index in [1.807, 2.05) is 6.07 Å². The number of methoxy groups -OCH3 is 1. The molecule has 0 atom stereocenters. The van der Waals surface area contributed by atoms with Crippen molar-refractivity contribution < 1.29 is 17.9 Å². The molecule has 0 aliphatic heterocycles. The topological polar surface area (TPSA) is 75.7 Å². The molecule has 0 aliphatic carbocycles. The van der Waals surface area contributed by atoms with Gasteiger partial charge in [0, 0.05) is 16.7 Å². The molecular weight excluding hydrogens is 420 g/mol. The van der Waals surface area contributed by atoms with Crippen LogP contribution in [0, 0.1) is 6.92 Å². The number of rotatable bonds is 7. The number of likely N-dealkylation sites (N-methyl/N-ethyl adjacent to an activating group) is 1. The zero-order valence-corrected chi connectivity index (χ0v) is 17.2. The fourth-order valence-corrected chi connectivity index (χ4v) is 4.34. The molecule has 0 aromatic heterocycles. The van der Waals surface area contributed by atoms with Gasteiger partial charge >= 0.3 is 0 Å². The summed E-state index contributed by atoms with van der Waals surface area (Å²) in [5.41, 5.74) is 1.31. The summed E-state index contributed by atoms with van der Waals surface area (Å²) in [4.78, 5) is 12.4. The van der Waals surface area contributed by atoms with Gasteiger partial charge in [-0.1, -0.05) is 28.9 Å². The number of sulfonamides is 1. The highest BCUT2D eigenvalue weighted by atomic mass is 79.9. The molecule has 140 valence electrons. The highest BCUT2D eigenvalue weighted by Gasteiger charge is 2.26. The first-order valence-electron chi connectivity index (χ1n) is 7.98. The number of hydrogen-bond acceptors (Lipinski definition) is 4. The first-order valence-corrected chi connectivity index (χ1v) is 10.2. The molecule has 0 fully saturated rings. The molecule has 1 amide bonds. The summed E-state index contributed by atoms with van der Waals surface area (Å²) in [6.45, 7) is 3.38.